The predicted octanol–water partition coefficient (Wildman–Crippen LogP) is 1.62. The Hall–Kier alpha value is -2.30. The molecule has 5 heteroatoms. The van der Waals surface area contributed by atoms with E-state index in [1.54, 1.807) is 6.07 Å². The minimum absolute atomic E-state index is 0.288. The van der Waals surface area contributed by atoms with E-state index in [9.17, 15) is 9.59 Å². The molecule has 0 amide bonds. The first-order valence-electron chi connectivity index (χ1n) is 4.85. The third kappa shape index (κ3) is 1.75. The Bertz CT molecular complexity index is 627. The number of hydrogen-bond donors (Lipinski definition) is 0. The van der Waals surface area contributed by atoms with Crippen LogP contribution in [0.5, 0.6) is 11.5 Å². The van der Waals surface area contributed by atoms with E-state index in [1.165, 1.54) is 26.4 Å². The molecule has 2 aromatic rings. The molecule has 0 N–H and O–H groups in total. The Morgan fingerprint density at radius 1 is 1.24 bits per heavy atom. The summed E-state index contributed by atoms with van der Waals surface area (Å²) in [6.07, 6.45) is 0.641. The fourth-order valence-corrected chi connectivity index (χ4v) is 1.68. The molecule has 0 radical (unpaired) electrons. The summed E-state index contributed by atoms with van der Waals surface area (Å²) in [6, 6.07) is 4.31. The Morgan fingerprint density at radius 3 is 2.59 bits per heavy atom. The zero-order valence-corrected chi connectivity index (χ0v) is 9.35. The van der Waals surface area contributed by atoms with Gasteiger partial charge in [-0.3, -0.25) is 4.79 Å². The lowest BCUT2D eigenvalue weighted by Crippen LogP contribution is -2.00. The molecule has 1 heterocycles. The second-order valence-electron chi connectivity index (χ2n) is 3.31. The monoisotopic (exact) mass is 234 g/mol. The molecule has 0 aliphatic heterocycles. The molecule has 88 valence electrons. The van der Waals surface area contributed by atoms with E-state index in [4.69, 9.17) is 13.9 Å². The lowest BCUT2D eigenvalue weighted by molar-refractivity contribution is 0.111. The minimum Gasteiger partial charge on any atom is -0.496 e. The number of fused-ring (bicyclic) bond motifs is 1. The lowest BCUT2D eigenvalue weighted by Gasteiger charge is -2.10. The average Bonchev–Trinajstić information content (AvgIpc) is 2.35. The van der Waals surface area contributed by atoms with Crippen LogP contribution in [0, 0.1) is 0 Å². The summed E-state index contributed by atoms with van der Waals surface area (Å²) in [5, 5.41) is 0.551. The number of hydrogen-bond acceptors (Lipinski definition) is 5. The fourth-order valence-electron chi connectivity index (χ4n) is 1.68. The second kappa shape index (κ2) is 4.29. The Labute approximate surface area is 96.6 Å². The van der Waals surface area contributed by atoms with Crippen molar-refractivity contribution >= 4 is 17.3 Å². The van der Waals surface area contributed by atoms with Gasteiger partial charge in [-0.25, -0.2) is 4.79 Å². The summed E-state index contributed by atoms with van der Waals surface area (Å²) >= 11 is 0. The third-order valence-corrected chi connectivity index (χ3v) is 2.42. The normalized spacial score (nSPS) is 10.2. The van der Waals surface area contributed by atoms with E-state index in [-0.39, 0.29) is 5.56 Å². The van der Waals surface area contributed by atoms with Gasteiger partial charge in [0.05, 0.1) is 25.2 Å². The highest BCUT2D eigenvalue weighted by Gasteiger charge is 2.15. The van der Waals surface area contributed by atoms with Gasteiger partial charge >= 0.3 is 5.63 Å². The molecule has 2 rings (SSSR count). The van der Waals surface area contributed by atoms with Crippen LogP contribution in [0.15, 0.2) is 27.4 Å². The molecule has 0 fully saturated rings. The number of carbonyl (C=O) groups is 1. The molecular weight excluding hydrogens is 224 g/mol. The van der Waals surface area contributed by atoms with Gasteiger partial charge < -0.3 is 13.9 Å². The highest BCUT2D eigenvalue weighted by Crippen LogP contribution is 2.34. The number of benzene rings is 1. The van der Waals surface area contributed by atoms with Crippen molar-refractivity contribution in [3.8, 4) is 11.5 Å². The minimum atomic E-state index is -0.472. The van der Waals surface area contributed by atoms with Gasteiger partial charge in [-0.1, -0.05) is 0 Å². The van der Waals surface area contributed by atoms with Crippen LogP contribution in [0.4, 0.5) is 0 Å². The van der Waals surface area contributed by atoms with Crippen molar-refractivity contribution < 1.29 is 18.7 Å². The molecule has 1 aromatic heterocycles. The fraction of sp³-hybridized carbons (Fsp3) is 0.167. The Balaban J connectivity index is 2.93. The van der Waals surface area contributed by atoms with Gasteiger partial charge in [0.25, 0.3) is 0 Å². The zero-order valence-electron chi connectivity index (χ0n) is 9.35. The van der Waals surface area contributed by atoms with Crippen LogP contribution in [0.25, 0.3) is 11.0 Å². The zero-order chi connectivity index (χ0) is 12.4. The van der Waals surface area contributed by atoms with Crippen molar-refractivity contribution in [2.75, 3.05) is 14.2 Å². The van der Waals surface area contributed by atoms with E-state index >= 15 is 0 Å². The molecule has 5 nitrogen and oxygen atoms in total. The first kappa shape index (κ1) is 11.2. The average molecular weight is 234 g/mol. The molecule has 0 aliphatic rings. The summed E-state index contributed by atoms with van der Waals surface area (Å²) in [5.74, 6) is 0.636. The third-order valence-electron chi connectivity index (χ3n) is 2.42. The standard InChI is InChI=1S/C12H10O5/c1-15-9-5-10-7(3-4-11(14)17-10)12(16-2)8(9)6-13/h3-6H,1-2H3. The van der Waals surface area contributed by atoms with Crippen molar-refractivity contribution in [3.63, 3.8) is 0 Å². The molecular formula is C12H10O5. The number of aldehydes is 1. The van der Waals surface area contributed by atoms with Crippen LogP contribution in [-0.4, -0.2) is 20.5 Å². The second-order valence-corrected chi connectivity index (χ2v) is 3.31. The number of methoxy groups -OCH3 is 2. The van der Waals surface area contributed by atoms with Crippen LogP contribution in [-0.2, 0) is 0 Å². The van der Waals surface area contributed by atoms with Gasteiger partial charge in [-0.2, -0.15) is 0 Å². The Morgan fingerprint density at radius 2 is 2.00 bits per heavy atom. The van der Waals surface area contributed by atoms with Crippen LogP contribution in [0.3, 0.4) is 0 Å². The molecule has 0 saturated carbocycles. The van der Waals surface area contributed by atoms with Crippen molar-refractivity contribution in [2.45, 2.75) is 0 Å². The number of rotatable bonds is 3. The molecule has 0 aliphatic carbocycles. The quantitative estimate of drug-likeness (QED) is 0.596. The van der Waals surface area contributed by atoms with Crippen molar-refractivity contribution in [1.29, 1.82) is 0 Å². The first-order chi connectivity index (χ1) is 8.21. The maximum atomic E-state index is 11.1. The molecule has 1 aromatic carbocycles. The summed E-state index contributed by atoms with van der Waals surface area (Å²) in [7, 11) is 2.86. The highest BCUT2D eigenvalue weighted by molar-refractivity contribution is 5.96. The first-order valence-corrected chi connectivity index (χ1v) is 4.85. The molecule has 0 saturated heterocycles. The smallest absolute Gasteiger partial charge is 0.336 e. The van der Waals surface area contributed by atoms with E-state index in [2.05, 4.69) is 0 Å². The van der Waals surface area contributed by atoms with Gasteiger partial charge in [0, 0.05) is 12.1 Å². The SMILES string of the molecule is COc1cc2oc(=O)ccc2c(OC)c1C=O. The molecule has 0 atom stereocenters. The van der Waals surface area contributed by atoms with E-state index < -0.39 is 5.63 Å². The van der Waals surface area contributed by atoms with Gasteiger partial charge in [0.2, 0.25) is 0 Å². The van der Waals surface area contributed by atoms with Crippen LogP contribution < -0.4 is 15.1 Å². The predicted molar refractivity (Wildman–Crippen MR) is 61.0 cm³/mol. The van der Waals surface area contributed by atoms with Crippen LogP contribution in [0.2, 0.25) is 0 Å². The molecule has 0 bridgehead atoms. The van der Waals surface area contributed by atoms with E-state index in [0.29, 0.717) is 28.8 Å². The highest BCUT2D eigenvalue weighted by atomic mass is 16.5. The van der Waals surface area contributed by atoms with Gasteiger partial charge in [0.15, 0.2) is 6.29 Å². The van der Waals surface area contributed by atoms with Gasteiger partial charge in [0.1, 0.15) is 17.1 Å². The summed E-state index contributed by atoms with van der Waals surface area (Å²) in [6.45, 7) is 0. The van der Waals surface area contributed by atoms with Crippen molar-refractivity contribution in [1.82, 2.24) is 0 Å². The molecule has 0 spiro atoms. The van der Waals surface area contributed by atoms with E-state index in [0.717, 1.165) is 0 Å². The largest absolute Gasteiger partial charge is 0.496 e. The molecule has 17 heavy (non-hydrogen) atoms. The van der Waals surface area contributed by atoms with Crippen LogP contribution >= 0.6 is 0 Å². The summed E-state index contributed by atoms with van der Waals surface area (Å²) < 4.78 is 15.2. The maximum Gasteiger partial charge on any atom is 0.336 e. The topological polar surface area (TPSA) is 65.7 Å². The van der Waals surface area contributed by atoms with Gasteiger partial charge in [-0.15, -0.1) is 0 Å². The molecule has 0 unspecified atom stereocenters. The van der Waals surface area contributed by atoms with E-state index in [1.807, 2.05) is 0 Å². The Kier molecular flexibility index (Phi) is 2.82. The number of ether oxygens (including phenoxy) is 2. The van der Waals surface area contributed by atoms with Gasteiger partial charge in [-0.05, 0) is 6.07 Å². The van der Waals surface area contributed by atoms with Crippen LogP contribution in [0.1, 0.15) is 10.4 Å². The number of carbonyl (C=O) groups excluding carboxylic acids is 1. The van der Waals surface area contributed by atoms with Crippen molar-refractivity contribution in [2.24, 2.45) is 0 Å². The summed E-state index contributed by atoms with van der Waals surface area (Å²) in [4.78, 5) is 22.1. The summed E-state index contributed by atoms with van der Waals surface area (Å²) in [5.41, 5.74) is 0.133. The lowest BCUT2D eigenvalue weighted by atomic mass is 10.1. The van der Waals surface area contributed by atoms with Crippen molar-refractivity contribution in [3.05, 3.63) is 34.2 Å². The maximum absolute atomic E-state index is 11.1.